The molecule has 0 radical (unpaired) electrons. The predicted molar refractivity (Wildman–Crippen MR) is 414 cm³/mol. The Morgan fingerprint density at radius 2 is 0.455 bits per heavy atom. The van der Waals surface area contributed by atoms with Gasteiger partial charge in [-0.25, -0.2) is 9.13 Å². The minimum absolute atomic E-state index is 0.104. The third kappa shape index (κ3) is 76.1. The molecule has 3 N–H and O–H groups in total. The molecule has 19 heteroatoms. The lowest BCUT2D eigenvalue weighted by molar-refractivity contribution is -0.161. The number of carbonyl (C=O) groups excluding carboxylic acids is 4. The molecule has 0 bridgehead atoms. The highest BCUT2D eigenvalue weighted by atomic mass is 31.2. The molecular weight excluding hydrogens is 1320 g/mol. The fourth-order valence-electron chi connectivity index (χ4n) is 12.8. The van der Waals surface area contributed by atoms with Gasteiger partial charge < -0.3 is 33.8 Å². The second kappa shape index (κ2) is 74.9. The van der Waals surface area contributed by atoms with Gasteiger partial charge >= 0.3 is 39.5 Å². The molecule has 0 fully saturated rings. The summed E-state index contributed by atoms with van der Waals surface area (Å²) in [5.74, 6) is -1.41. The van der Waals surface area contributed by atoms with Crippen LogP contribution in [-0.4, -0.2) is 96.7 Å². The molecule has 2 unspecified atom stereocenters. The number of carbonyl (C=O) groups is 4. The van der Waals surface area contributed by atoms with Crippen LogP contribution in [0.5, 0.6) is 0 Å². The van der Waals surface area contributed by atoms with E-state index in [4.69, 9.17) is 37.0 Å². The average molecular weight is 1480 g/mol. The normalized spacial score (nSPS) is 13.8. The molecule has 17 nitrogen and oxygen atoms in total. The van der Waals surface area contributed by atoms with E-state index in [1.165, 1.54) is 263 Å². The smallest absolute Gasteiger partial charge is 0.462 e. The Hall–Kier alpha value is -1.94. The Kier molecular flexibility index (Phi) is 73.5. The van der Waals surface area contributed by atoms with Gasteiger partial charge in [0.25, 0.3) is 0 Å². The molecule has 0 amide bonds. The van der Waals surface area contributed by atoms with Gasteiger partial charge in [0.15, 0.2) is 12.2 Å². The first-order valence-corrected chi connectivity index (χ1v) is 45.6. The van der Waals surface area contributed by atoms with E-state index in [2.05, 4.69) is 34.6 Å². The molecule has 0 saturated heterocycles. The molecule has 0 aliphatic rings. The Morgan fingerprint density at radius 1 is 0.267 bits per heavy atom. The molecule has 0 aromatic rings. The number of ether oxygens (including phenoxy) is 4. The third-order valence-corrected chi connectivity index (χ3v) is 21.2. The lowest BCUT2D eigenvalue weighted by atomic mass is 10.0. The Balaban J connectivity index is 5.18. The van der Waals surface area contributed by atoms with Gasteiger partial charge in [-0.3, -0.25) is 37.3 Å². The van der Waals surface area contributed by atoms with Crippen molar-refractivity contribution in [1.82, 2.24) is 0 Å². The van der Waals surface area contributed by atoms with Gasteiger partial charge in [0, 0.05) is 25.7 Å². The van der Waals surface area contributed by atoms with E-state index in [0.717, 1.165) is 89.9 Å². The summed E-state index contributed by atoms with van der Waals surface area (Å²) in [4.78, 5) is 72.9. The molecule has 0 aromatic heterocycles. The summed E-state index contributed by atoms with van der Waals surface area (Å²) in [6.07, 6.45) is 67.0. The van der Waals surface area contributed by atoms with Crippen LogP contribution >= 0.6 is 15.6 Å². The van der Waals surface area contributed by atoms with Gasteiger partial charge in [-0.05, 0) is 31.6 Å². The van der Waals surface area contributed by atoms with Crippen molar-refractivity contribution in [3.8, 4) is 0 Å². The molecule has 0 spiro atoms. The van der Waals surface area contributed by atoms with Gasteiger partial charge in [0.05, 0.1) is 26.4 Å². The van der Waals surface area contributed by atoms with E-state index in [-0.39, 0.29) is 25.7 Å². The second-order valence-corrected chi connectivity index (χ2v) is 32.9. The lowest BCUT2D eigenvalue weighted by Gasteiger charge is -2.21. The van der Waals surface area contributed by atoms with Crippen molar-refractivity contribution in [1.29, 1.82) is 0 Å². The number of unbranched alkanes of at least 4 members (excludes halogenated alkanes) is 54. The first-order valence-electron chi connectivity index (χ1n) is 42.6. The van der Waals surface area contributed by atoms with Gasteiger partial charge in [0.1, 0.15) is 19.3 Å². The first kappa shape index (κ1) is 99.1. The van der Waals surface area contributed by atoms with Crippen LogP contribution in [0.25, 0.3) is 0 Å². The summed E-state index contributed by atoms with van der Waals surface area (Å²) in [6, 6.07) is 0. The molecule has 101 heavy (non-hydrogen) atoms. The molecule has 5 atom stereocenters. The van der Waals surface area contributed by atoms with Crippen molar-refractivity contribution in [2.45, 2.75) is 457 Å². The third-order valence-electron chi connectivity index (χ3n) is 19.3. The highest BCUT2D eigenvalue weighted by Gasteiger charge is 2.30. The minimum Gasteiger partial charge on any atom is -0.462 e. The zero-order valence-corrected chi connectivity index (χ0v) is 67.8. The summed E-state index contributed by atoms with van der Waals surface area (Å²) < 4.78 is 68.6. The fourth-order valence-corrected chi connectivity index (χ4v) is 14.3. The summed E-state index contributed by atoms with van der Waals surface area (Å²) in [6.45, 7) is 7.25. The van der Waals surface area contributed by atoms with Crippen molar-refractivity contribution >= 4 is 39.5 Å². The fraction of sp³-hybridized carbons (Fsp3) is 0.951. The Bertz CT molecular complexity index is 1930. The zero-order chi connectivity index (χ0) is 74.1. The van der Waals surface area contributed by atoms with Crippen LogP contribution < -0.4 is 0 Å². The van der Waals surface area contributed by atoms with Crippen LogP contribution in [0.15, 0.2) is 0 Å². The van der Waals surface area contributed by atoms with Gasteiger partial charge in [-0.1, -0.05) is 388 Å². The Morgan fingerprint density at radius 3 is 0.673 bits per heavy atom. The zero-order valence-electron chi connectivity index (χ0n) is 66.1. The van der Waals surface area contributed by atoms with Gasteiger partial charge in [-0.15, -0.1) is 0 Å². The largest absolute Gasteiger partial charge is 0.472 e. The molecular formula is C82H160O17P2. The number of aliphatic hydroxyl groups excluding tert-OH is 1. The number of esters is 4. The van der Waals surface area contributed by atoms with Crippen molar-refractivity contribution in [3.05, 3.63) is 0 Å². The standard InChI is InChI=1S/C82H160O17P2/c1-6-9-12-15-18-21-24-26-28-30-32-34-36-38-40-42-44-47-52-57-62-67-81(86)98-77(71-93-80(85)66-61-56-51-46-43-41-39-37-35-33-31-29-27-25-22-19-16-13-10-7-2)73-96-100(88,89)94-69-76(83)70-95-101(90,91)97-74-78(99-82(87)68-63-58-53-48-49-54-59-64-75(4)5)72-92-79(84)65-60-55-50-45-23-20-17-14-11-8-3/h75-78,83H,6-74H2,1-5H3,(H,88,89)(H,90,91)/t76-,77-,78-/m1/s1. The van der Waals surface area contributed by atoms with Crippen LogP contribution in [0.2, 0.25) is 0 Å². The van der Waals surface area contributed by atoms with Crippen LogP contribution in [0.1, 0.15) is 439 Å². The number of phosphoric acid groups is 2. The van der Waals surface area contributed by atoms with E-state index in [1.807, 2.05) is 0 Å². The SMILES string of the molecule is CCCCCCCCCCCCCCCCCCCCCCCC(=O)O[C@H](COC(=O)CCCCCCCCCCCCCCCCCCCCCC)COP(=O)(O)OC[C@@H](O)COP(=O)(O)OC[C@@H](COC(=O)CCCCCCCCCCCC)OC(=O)CCCCCCCCCC(C)C. The van der Waals surface area contributed by atoms with E-state index in [0.29, 0.717) is 31.6 Å². The van der Waals surface area contributed by atoms with Crippen molar-refractivity contribution in [2.24, 2.45) is 5.92 Å². The van der Waals surface area contributed by atoms with Crippen molar-refractivity contribution in [3.63, 3.8) is 0 Å². The number of hydrogen-bond donors (Lipinski definition) is 3. The molecule has 0 heterocycles. The van der Waals surface area contributed by atoms with E-state index >= 15 is 0 Å². The molecule has 0 aliphatic carbocycles. The summed E-state index contributed by atoms with van der Waals surface area (Å²) >= 11 is 0. The van der Waals surface area contributed by atoms with Gasteiger partial charge in [-0.2, -0.15) is 0 Å². The Labute approximate surface area is 619 Å². The summed E-state index contributed by atoms with van der Waals surface area (Å²) in [5.41, 5.74) is 0. The number of rotatable bonds is 82. The first-order chi connectivity index (χ1) is 49.0. The molecule has 0 saturated carbocycles. The number of hydrogen-bond acceptors (Lipinski definition) is 15. The van der Waals surface area contributed by atoms with Crippen LogP contribution in [0, 0.1) is 5.92 Å². The highest BCUT2D eigenvalue weighted by molar-refractivity contribution is 7.47. The number of aliphatic hydroxyl groups is 1. The van der Waals surface area contributed by atoms with Gasteiger partial charge in [0.2, 0.25) is 0 Å². The highest BCUT2D eigenvalue weighted by Crippen LogP contribution is 2.45. The topological polar surface area (TPSA) is 237 Å². The maximum Gasteiger partial charge on any atom is 0.472 e. The van der Waals surface area contributed by atoms with E-state index in [1.54, 1.807) is 0 Å². The van der Waals surface area contributed by atoms with Crippen LogP contribution in [0.3, 0.4) is 0 Å². The van der Waals surface area contributed by atoms with Crippen LogP contribution in [0.4, 0.5) is 0 Å². The van der Waals surface area contributed by atoms with Crippen molar-refractivity contribution < 1.29 is 80.2 Å². The van der Waals surface area contributed by atoms with Crippen LogP contribution in [-0.2, 0) is 65.4 Å². The maximum atomic E-state index is 13.1. The maximum absolute atomic E-state index is 13.1. The number of phosphoric ester groups is 2. The lowest BCUT2D eigenvalue weighted by Crippen LogP contribution is -2.30. The van der Waals surface area contributed by atoms with Crippen molar-refractivity contribution in [2.75, 3.05) is 39.6 Å². The second-order valence-electron chi connectivity index (χ2n) is 30.0. The summed E-state index contributed by atoms with van der Waals surface area (Å²) in [7, 11) is -9.92. The molecule has 0 aliphatic heterocycles. The molecule has 0 rings (SSSR count). The monoisotopic (exact) mass is 1480 g/mol. The average Bonchev–Trinajstić information content (AvgIpc) is 0.919. The quantitative estimate of drug-likeness (QED) is 0.0222. The minimum atomic E-state index is -4.96. The van der Waals surface area contributed by atoms with E-state index < -0.39 is 97.5 Å². The molecule has 0 aromatic carbocycles. The van der Waals surface area contributed by atoms with E-state index in [9.17, 15) is 43.2 Å². The summed E-state index contributed by atoms with van der Waals surface area (Å²) in [5, 5.41) is 10.6. The molecule has 600 valence electrons. The predicted octanol–water partition coefficient (Wildman–Crippen LogP) is 24.8.